The van der Waals surface area contributed by atoms with Gasteiger partial charge in [-0.3, -0.25) is 4.79 Å². The highest BCUT2D eigenvalue weighted by molar-refractivity contribution is 7.09. The second kappa shape index (κ2) is 7.42. The molecule has 2 aromatic heterocycles. The number of amides is 1. The predicted octanol–water partition coefficient (Wildman–Crippen LogP) is 3.35. The van der Waals surface area contributed by atoms with Gasteiger partial charge in [0.25, 0.3) is 5.91 Å². The summed E-state index contributed by atoms with van der Waals surface area (Å²) in [5, 5.41) is 12.0. The molecule has 3 aromatic rings. The average molecular weight is 342 g/mol. The van der Waals surface area contributed by atoms with Crippen LogP contribution in [-0.4, -0.2) is 34.0 Å². The fraction of sp³-hybridized carbons (Fsp3) is 0.222. The Morgan fingerprint density at radius 1 is 1.25 bits per heavy atom. The van der Waals surface area contributed by atoms with Gasteiger partial charge in [-0.05, 0) is 31.2 Å². The van der Waals surface area contributed by atoms with E-state index in [1.807, 2.05) is 36.6 Å². The molecule has 0 bridgehead atoms. The summed E-state index contributed by atoms with van der Waals surface area (Å²) in [5.74, 6) is 1.51. The molecule has 1 amide bonds. The van der Waals surface area contributed by atoms with Crippen molar-refractivity contribution in [3.63, 3.8) is 0 Å². The maximum absolute atomic E-state index is 12.7. The van der Waals surface area contributed by atoms with Gasteiger partial charge in [-0.2, -0.15) is 0 Å². The summed E-state index contributed by atoms with van der Waals surface area (Å²) in [7, 11) is 0. The number of nitrogens with zero attached hydrogens (tertiary/aromatic N) is 2. The zero-order valence-electron chi connectivity index (χ0n) is 13.3. The van der Waals surface area contributed by atoms with Crippen LogP contribution in [-0.2, 0) is 6.54 Å². The summed E-state index contributed by atoms with van der Waals surface area (Å²) in [4.78, 5) is 18.5. The Morgan fingerprint density at radius 3 is 2.62 bits per heavy atom. The zero-order valence-corrected chi connectivity index (χ0v) is 14.1. The fourth-order valence-corrected chi connectivity index (χ4v) is 3.05. The van der Waals surface area contributed by atoms with Gasteiger partial charge in [0.15, 0.2) is 0 Å². The van der Waals surface area contributed by atoms with Gasteiger partial charge in [0.2, 0.25) is 0 Å². The molecule has 5 nitrogen and oxygen atoms in total. The number of aryl methyl sites for hydroxylation is 1. The van der Waals surface area contributed by atoms with Gasteiger partial charge < -0.3 is 14.4 Å². The SMILES string of the molecule is Cc1ccc(-c2ccc(C(=O)N(CCO)Cc3nccs3)cc2)o1. The number of aromatic nitrogens is 1. The minimum atomic E-state index is -0.124. The topological polar surface area (TPSA) is 66.6 Å². The van der Waals surface area contributed by atoms with E-state index < -0.39 is 0 Å². The van der Waals surface area contributed by atoms with E-state index in [4.69, 9.17) is 4.42 Å². The summed E-state index contributed by atoms with van der Waals surface area (Å²) >= 11 is 1.49. The van der Waals surface area contributed by atoms with Crippen molar-refractivity contribution in [2.45, 2.75) is 13.5 Å². The fourth-order valence-electron chi connectivity index (χ4n) is 2.42. The average Bonchev–Trinajstić information content (AvgIpc) is 3.26. The van der Waals surface area contributed by atoms with Crippen molar-refractivity contribution in [2.75, 3.05) is 13.2 Å². The molecular formula is C18H18N2O3S. The third-order valence-electron chi connectivity index (χ3n) is 3.62. The van der Waals surface area contributed by atoms with Crippen LogP contribution in [0.2, 0.25) is 0 Å². The number of benzene rings is 1. The molecule has 1 N–H and O–H groups in total. The monoisotopic (exact) mass is 342 g/mol. The van der Waals surface area contributed by atoms with Crippen LogP contribution in [0.3, 0.4) is 0 Å². The van der Waals surface area contributed by atoms with Gasteiger partial charge in [-0.1, -0.05) is 12.1 Å². The van der Waals surface area contributed by atoms with Crippen LogP contribution in [0.5, 0.6) is 0 Å². The van der Waals surface area contributed by atoms with Gasteiger partial charge in [0.1, 0.15) is 16.5 Å². The largest absolute Gasteiger partial charge is 0.461 e. The molecule has 0 aliphatic rings. The number of aliphatic hydroxyl groups is 1. The number of thiazole rings is 1. The Kier molecular flexibility index (Phi) is 5.08. The molecule has 3 rings (SSSR count). The first kappa shape index (κ1) is 16.4. The number of hydrogen-bond donors (Lipinski definition) is 1. The molecule has 0 aliphatic carbocycles. The summed E-state index contributed by atoms with van der Waals surface area (Å²) in [6.07, 6.45) is 1.71. The van der Waals surface area contributed by atoms with E-state index in [0.717, 1.165) is 22.1 Å². The molecule has 0 atom stereocenters. The third-order valence-corrected chi connectivity index (χ3v) is 4.39. The number of rotatable bonds is 6. The van der Waals surface area contributed by atoms with Crippen molar-refractivity contribution < 1.29 is 14.3 Å². The normalized spacial score (nSPS) is 10.8. The van der Waals surface area contributed by atoms with Gasteiger partial charge in [-0.15, -0.1) is 11.3 Å². The molecule has 0 saturated carbocycles. The van der Waals surface area contributed by atoms with Crippen molar-refractivity contribution in [3.05, 3.63) is 64.3 Å². The molecule has 0 unspecified atom stereocenters. The maximum atomic E-state index is 12.7. The number of aliphatic hydroxyl groups excluding tert-OH is 1. The van der Waals surface area contributed by atoms with Crippen LogP contribution in [0.1, 0.15) is 21.1 Å². The minimum Gasteiger partial charge on any atom is -0.461 e. The Bertz CT molecular complexity index is 794. The van der Waals surface area contributed by atoms with Crippen LogP contribution >= 0.6 is 11.3 Å². The molecule has 0 spiro atoms. The van der Waals surface area contributed by atoms with Gasteiger partial charge >= 0.3 is 0 Å². The second-order valence-electron chi connectivity index (χ2n) is 5.36. The predicted molar refractivity (Wildman–Crippen MR) is 92.8 cm³/mol. The summed E-state index contributed by atoms with van der Waals surface area (Å²) in [5.41, 5.74) is 1.50. The maximum Gasteiger partial charge on any atom is 0.254 e. The number of carbonyl (C=O) groups excluding carboxylic acids is 1. The highest BCUT2D eigenvalue weighted by Crippen LogP contribution is 2.23. The van der Waals surface area contributed by atoms with Crippen LogP contribution < -0.4 is 0 Å². The Hall–Kier alpha value is -2.44. The van der Waals surface area contributed by atoms with Crippen LogP contribution in [0.15, 0.2) is 52.4 Å². The lowest BCUT2D eigenvalue weighted by Crippen LogP contribution is -2.33. The number of furan rings is 1. The molecule has 0 radical (unpaired) electrons. The van der Waals surface area contributed by atoms with Crippen molar-refractivity contribution in [3.8, 4) is 11.3 Å². The van der Waals surface area contributed by atoms with Crippen LogP contribution in [0.25, 0.3) is 11.3 Å². The number of carbonyl (C=O) groups is 1. The van der Waals surface area contributed by atoms with Crippen molar-refractivity contribution >= 4 is 17.2 Å². The molecule has 0 saturated heterocycles. The van der Waals surface area contributed by atoms with E-state index in [9.17, 15) is 9.90 Å². The summed E-state index contributed by atoms with van der Waals surface area (Å²) in [6, 6.07) is 11.1. The van der Waals surface area contributed by atoms with E-state index in [-0.39, 0.29) is 19.1 Å². The minimum absolute atomic E-state index is 0.0825. The van der Waals surface area contributed by atoms with Gasteiger partial charge in [0, 0.05) is 29.2 Å². The van der Waals surface area contributed by atoms with Gasteiger partial charge in [0.05, 0.1) is 13.2 Å². The molecule has 24 heavy (non-hydrogen) atoms. The lowest BCUT2D eigenvalue weighted by molar-refractivity contribution is 0.0707. The van der Waals surface area contributed by atoms with E-state index in [1.165, 1.54) is 11.3 Å². The Morgan fingerprint density at radius 2 is 2.04 bits per heavy atom. The smallest absolute Gasteiger partial charge is 0.254 e. The molecule has 124 valence electrons. The molecule has 2 heterocycles. The summed E-state index contributed by atoms with van der Waals surface area (Å²) < 4.78 is 5.59. The van der Waals surface area contributed by atoms with E-state index >= 15 is 0 Å². The molecule has 0 fully saturated rings. The Labute approximate surface area is 144 Å². The molecule has 6 heteroatoms. The Balaban J connectivity index is 1.77. The number of hydrogen-bond acceptors (Lipinski definition) is 5. The molecular weight excluding hydrogens is 324 g/mol. The first-order chi connectivity index (χ1) is 11.7. The second-order valence-corrected chi connectivity index (χ2v) is 6.34. The van der Waals surface area contributed by atoms with E-state index in [0.29, 0.717) is 12.1 Å². The van der Waals surface area contributed by atoms with Crippen molar-refractivity contribution in [1.82, 2.24) is 9.88 Å². The summed E-state index contributed by atoms with van der Waals surface area (Å²) in [6.45, 7) is 2.49. The highest BCUT2D eigenvalue weighted by Gasteiger charge is 2.17. The van der Waals surface area contributed by atoms with Crippen LogP contribution in [0, 0.1) is 6.92 Å². The quantitative estimate of drug-likeness (QED) is 0.746. The van der Waals surface area contributed by atoms with E-state index in [1.54, 1.807) is 23.2 Å². The highest BCUT2D eigenvalue weighted by atomic mass is 32.1. The standard InChI is InChI=1S/C18H18N2O3S/c1-13-2-7-16(23-13)14-3-5-15(6-4-14)18(22)20(9-10-21)12-17-19-8-11-24-17/h2-8,11,21H,9-10,12H2,1H3. The van der Waals surface area contributed by atoms with Gasteiger partial charge in [-0.25, -0.2) is 4.98 Å². The first-order valence-electron chi connectivity index (χ1n) is 7.63. The van der Waals surface area contributed by atoms with Crippen LogP contribution in [0.4, 0.5) is 0 Å². The van der Waals surface area contributed by atoms with E-state index in [2.05, 4.69) is 4.98 Å². The third kappa shape index (κ3) is 3.72. The van der Waals surface area contributed by atoms with Crippen molar-refractivity contribution in [1.29, 1.82) is 0 Å². The lowest BCUT2D eigenvalue weighted by atomic mass is 10.1. The first-order valence-corrected chi connectivity index (χ1v) is 8.50. The zero-order chi connectivity index (χ0) is 16.9. The molecule has 0 aliphatic heterocycles. The van der Waals surface area contributed by atoms with Crippen molar-refractivity contribution in [2.24, 2.45) is 0 Å². The lowest BCUT2D eigenvalue weighted by Gasteiger charge is -2.20. The molecule has 1 aromatic carbocycles.